The van der Waals surface area contributed by atoms with E-state index in [0.29, 0.717) is 42.3 Å². The van der Waals surface area contributed by atoms with Crippen molar-refractivity contribution < 1.29 is 32.2 Å². The highest BCUT2D eigenvalue weighted by Gasteiger charge is 2.59. The molecular formula is C34H42Cl3N5O7S. The maximum atomic E-state index is 15.0. The topological polar surface area (TPSA) is 121 Å². The predicted octanol–water partition coefficient (Wildman–Crippen LogP) is 4.61. The molecule has 0 aliphatic carbocycles. The molecule has 1 unspecified atom stereocenters. The van der Waals surface area contributed by atoms with Crippen LogP contribution in [0.15, 0.2) is 65.6 Å². The van der Waals surface area contributed by atoms with Crippen LogP contribution in [0.3, 0.4) is 0 Å². The maximum absolute atomic E-state index is 15.0. The van der Waals surface area contributed by atoms with Crippen LogP contribution in [0.5, 0.6) is 17.2 Å². The molecule has 2 fully saturated rings. The van der Waals surface area contributed by atoms with Crippen LogP contribution >= 0.6 is 36.4 Å². The number of fused-ring (bicyclic) bond motifs is 1. The number of sulfonamides is 1. The van der Waals surface area contributed by atoms with E-state index in [0.717, 1.165) is 25.9 Å². The van der Waals surface area contributed by atoms with Crippen molar-refractivity contribution in [2.24, 2.45) is 0 Å². The monoisotopic (exact) mass is 769 g/mol. The zero-order valence-electron chi connectivity index (χ0n) is 28.3. The molecule has 16 heteroatoms. The molecule has 3 aromatic rings. The maximum Gasteiger partial charge on any atom is 0.318 e. The lowest BCUT2D eigenvalue weighted by atomic mass is 9.83. The summed E-state index contributed by atoms with van der Waals surface area (Å²) in [6.07, 6.45) is 2.16. The van der Waals surface area contributed by atoms with Crippen molar-refractivity contribution in [2.45, 2.75) is 29.3 Å². The minimum absolute atomic E-state index is 0. The van der Waals surface area contributed by atoms with Gasteiger partial charge in [0.05, 0.1) is 27.0 Å². The number of methoxy groups -OCH3 is 3. The second-order valence-electron chi connectivity index (χ2n) is 12.2. The highest BCUT2D eigenvalue weighted by molar-refractivity contribution is 7.93. The van der Waals surface area contributed by atoms with Gasteiger partial charge in [-0.3, -0.25) is 9.69 Å². The van der Waals surface area contributed by atoms with E-state index in [9.17, 15) is 13.2 Å². The summed E-state index contributed by atoms with van der Waals surface area (Å²) >= 11 is 6.53. The molecule has 2 saturated heterocycles. The molecule has 50 heavy (non-hydrogen) atoms. The van der Waals surface area contributed by atoms with E-state index in [4.69, 9.17) is 25.8 Å². The molecule has 12 nitrogen and oxygen atoms in total. The molecule has 272 valence electrons. The summed E-state index contributed by atoms with van der Waals surface area (Å²) in [6.45, 7) is 4.36. The van der Waals surface area contributed by atoms with Gasteiger partial charge in [0.1, 0.15) is 22.1 Å². The molecule has 1 atom stereocenters. The predicted molar refractivity (Wildman–Crippen MR) is 196 cm³/mol. The Morgan fingerprint density at radius 1 is 0.840 bits per heavy atom. The van der Waals surface area contributed by atoms with E-state index in [2.05, 4.69) is 22.2 Å². The SMILES string of the molecule is COc1ccc(S(=O)(=O)N2C(=O)C(NC(=O)N3CCN(C4CCN(C)CC4)CC3)(c3ccccc3OC)c3cc(Cl)ccc32)c(OC)c1.Cl.Cl. The van der Waals surface area contributed by atoms with Gasteiger partial charge in [-0.05, 0) is 69.4 Å². The largest absolute Gasteiger partial charge is 0.497 e. The summed E-state index contributed by atoms with van der Waals surface area (Å²) in [4.78, 5) is 35.5. The number of benzene rings is 3. The zero-order chi connectivity index (χ0) is 34.2. The number of halogens is 3. The highest BCUT2D eigenvalue weighted by Crippen LogP contribution is 2.50. The van der Waals surface area contributed by atoms with Crippen molar-refractivity contribution in [2.75, 3.05) is 72.0 Å². The van der Waals surface area contributed by atoms with Crippen molar-refractivity contribution in [1.29, 1.82) is 0 Å². The lowest BCUT2D eigenvalue weighted by Gasteiger charge is -2.43. The smallest absolute Gasteiger partial charge is 0.318 e. The van der Waals surface area contributed by atoms with Gasteiger partial charge in [-0.1, -0.05) is 29.8 Å². The minimum atomic E-state index is -4.62. The normalized spacial score (nSPS) is 20.0. The number of nitrogens with one attached hydrogen (secondary N) is 1. The second-order valence-corrected chi connectivity index (χ2v) is 14.4. The summed E-state index contributed by atoms with van der Waals surface area (Å²) in [7, 11) is 1.74. The summed E-state index contributed by atoms with van der Waals surface area (Å²) < 4.78 is 46.2. The fourth-order valence-electron chi connectivity index (χ4n) is 6.98. The number of carbonyl (C=O) groups is 2. The van der Waals surface area contributed by atoms with E-state index >= 15 is 4.79 Å². The lowest BCUT2D eigenvalue weighted by Crippen LogP contribution is -2.61. The molecule has 3 aromatic carbocycles. The van der Waals surface area contributed by atoms with Gasteiger partial charge in [-0.2, -0.15) is 4.31 Å². The number of carbonyl (C=O) groups excluding carboxylic acids is 2. The number of nitrogens with zero attached hydrogens (tertiary/aromatic N) is 4. The Kier molecular flexibility index (Phi) is 12.5. The standard InChI is InChI=1S/C34H40ClN5O7S.2ClH/c1-37-15-13-24(14-16-37)38-17-19-39(20-18-38)33(42)36-34(26-7-5-6-8-29(26)46-3)27-21-23(35)9-11-28(27)40(32(34)41)48(43,44)31-12-10-25(45-2)22-30(31)47-4;;/h5-12,21-22,24H,13-20H2,1-4H3,(H,36,42);2*1H. The number of piperidine rings is 1. The molecule has 0 radical (unpaired) electrons. The quantitative estimate of drug-likeness (QED) is 0.350. The van der Waals surface area contributed by atoms with E-state index in [1.165, 1.54) is 57.7 Å². The molecule has 3 aliphatic rings. The van der Waals surface area contributed by atoms with E-state index < -0.39 is 27.5 Å². The molecule has 0 saturated carbocycles. The van der Waals surface area contributed by atoms with Crippen molar-refractivity contribution >= 4 is 64.1 Å². The highest BCUT2D eigenvalue weighted by atomic mass is 35.5. The summed E-state index contributed by atoms with van der Waals surface area (Å²) in [5.41, 5.74) is -1.51. The molecule has 6 rings (SSSR count). The second kappa shape index (κ2) is 15.8. The number of ether oxygens (including phenoxy) is 3. The summed E-state index contributed by atoms with van der Waals surface area (Å²) in [6, 6.07) is 15.4. The van der Waals surface area contributed by atoms with Crippen LogP contribution in [0.2, 0.25) is 5.02 Å². The Morgan fingerprint density at radius 3 is 2.14 bits per heavy atom. The number of rotatable bonds is 8. The lowest BCUT2D eigenvalue weighted by molar-refractivity contribution is -0.121. The number of hydrogen-bond acceptors (Lipinski definition) is 9. The fraction of sp³-hybridized carbons (Fsp3) is 0.412. The van der Waals surface area contributed by atoms with E-state index in [-0.39, 0.29) is 63.0 Å². The van der Waals surface area contributed by atoms with Gasteiger partial charge in [0.2, 0.25) is 0 Å². The van der Waals surface area contributed by atoms with Gasteiger partial charge >= 0.3 is 6.03 Å². The first-order valence-corrected chi connectivity index (χ1v) is 17.6. The summed E-state index contributed by atoms with van der Waals surface area (Å²) in [5.74, 6) is -0.276. The Labute approximate surface area is 310 Å². The first-order valence-electron chi connectivity index (χ1n) is 15.8. The molecule has 3 aliphatic heterocycles. The van der Waals surface area contributed by atoms with Gasteiger partial charge in [-0.25, -0.2) is 13.2 Å². The summed E-state index contributed by atoms with van der Waals surface area (Å²) in [5, 5.41) is 3.26. The third-order valence-corrected chi connectivity index (χ3v) is 11.6. The number of likely N-dealkylation sites (tertiary alicyclic amines) is 1. The minimum Gasteiger partial charge on any atom is -0.497 e. The van der Waals surface area contributed by atoms with E-state index in [1.54, 1.807) is 29.2 Å². The molecule has 0 bridgehead atoms. The molecule has 3 amide bonds. The number of piperazine rings is 1. The number of para-hydroxylation sites is 1. The third-order valence-electron chi connectivity index (χ3n) is 9.59. The third kappa shape index (κ3) is 6.91. The number of urea groups is 1. The van der Waals surface area contributed by atoms with Crippen LogP contribution in [0.25, 0.3) is 0 Å². The van der Waals surface area contributed by atoms with Crippen LogP contribution < -0.4 is 23.8 Å². The van der Waals surface area contributed by atoms with Crippen LogP contribution in [-0.4, -0.2) is 109 Å². The van der Waals surface area contributed by atoms with Gasteiger partial charge in [0.25, 0.3) is 15.9 Å². The Hall–Kier alpha value is -3.46. The Bertz CT molecular complexity index is 1820. The fourth-order valence-corrected chi connectivity index (χ4v) is 8.76. The van der Waals surface area contributed by atoms with Crippen molar-refractivity contribution in [3.63, 3.8) is 0 Å². The molecule has 3 heterocycles. The molecular weight excluding hydrogens is 729 g/mol. The van der Waals surface area contributed by atoms with Gasteiger partial charge in [0, 0.05) is 54.4 Å². The first kappa shape index (κ1) is 39.3. The number of amides is 3. The zero-order valence-corrected chi connectivity index (χ0v) is 31.5. The van der Waals surface area contributed by atoms with Crippen molar-refractivity contribution in [3.05, 3.63) is 76.8 Å². The van der Waals surface area contributed by atoms with Gasteiger partial charge in [0.15, 0.2) is 5.54 Å². The number of anilines is 1. The average molecular weight is 771 g/mol. The molecule has 0 spiro atoms. The van der Waals surface area contributed by atoms with Crippen LogP contribution in [-0.2, 0) is 20.4 Å². The molecule has 1 N–H and O–H groups in total. The average Bonchev–Trinajstić information content (AvgIpc) is 3.35. The van der Waals surface area contributed by atoms with E-state index in [1.807, 2.05) is 0 Å². The first-order chi connectivity index (χ1) is 23.0. The van der Waals surface area contributed by atoms with Gasteiger partial charge < -0.3 is 29.3 Å². The Balaban J connectivity index is 0.00000281. The van der Waals surface area contributed by atoms with Crippen LogP contribution in [0.1, 0.15) is 24.0 Å². The van der Waals surface area contributed by atoms with Gasteiger partial charge in [-0.15, -0.1) is 24.8 Å². The Morgan fingerprint density at radius 2 is 1.50 bits per heavy atom. The van der Waals surface area contributed by atoms with Crippen molar-refractivity contribution in [3.8, 4) is 17.2 Å². The van der Waals surface area contributed by atoms with Crippen LogP contribution in [0.4, 0.5) is 10.5 Å². The molecule has 0 aromatic heterocycles. The van der Waals surface area contributed by atoms with Crippen molar-refractivity contribution in [1.82, 2.24) is 20.0 Å². The van der Waals surface area contributed by atoms with Crippen LogP contribution in [0, 0.1) is 0 Å². The number of hydrogen-bond donors (Lipinski definition) is 1.